The van der Waals surface area contributed by atoms with E-state index in [1.807, 2.05) is 0 Å². The molecule has 0 spiro atoms. The van der Waals surface area contributed by atoms with Crippen molar-refractivity contribution in [2.45, 2.75) is 38.5 Å². The van der Waals surface area contributed by atoms with Gasteiger partial charge < -0.3 is 14.9 Å². The average Bonchev–Trinajstić information content (AvgIpc) is 2.60. The molecular weight excluding hydrogens is 296 g/mol. The predicted octanol–water partition coefficient (Wildman–Crippen LogP) is 3.61. The number of anilines is 1. The van der Waals surface area contributed by atoms with E-state index in [1.54, 1.807) is 0 Å². The molecule has 3 atom stereocenters. The van der Waals surface area contributed by atoms with Crippen LogP contribution in [-0.4, -0.2) is 43.3 Å². The van der Waals surface area contributed by atoms with Gasteiger partial charge in [-0.3, -0.25) is 0 Å². The molecule has 3 nitrogen and oxygen atoms in total. The first-order valence-electron chi connectivity index (χ1n) is 9.56. The van der Waals surface area contributed by atoms with Crippen LogP contribution in [0.15, 0.2) is 36.0 Å². The Morgan fingerprint density at radius 3 is 2.83 bits per heavy atom. The fourth-order valence-electron chi connectivity index (χ4n) is 5.41. The van der Waals surface area contributed by atoms with Gasteiger partial charge in [0.1, 0.15) is 0 Å². The lowest BCUT2D eigenvalue weighted by Crippen LogP contribution is -2.49. The van der Waals surface area contributed by atoms with Crippen molar-refractivity contribution in [3.63, 3.8) is 0 Å². The first kappa shape index (κ1) is 16.2. The van der Waals surface area contributed by atoms with Gasteiger partial charge in [-0.05, 0) is 56.3 Å². The first-order valence-corrected chi connectivity index (χ1v) is 9.56. The van der Waals surface area contributed by atoms with E-state index in [4.69, 9.17) is 0 Å². The standard InChI is InChI=1S/C21H30N2O/c1-3-21-9-6-11-22(2)14-16-13-20(18(21)15-24)23(12-10-21)19-8-5-4-7-17(16)19/h4-5,7-8,13,16,18,24H,3,6,9-12,14-15H2,1-2H3. The van der Waals surface area contributed by atoms with Crippen LogP contribution in [0.2, 0.25) is 0 Å². The summed E-state index contributed by atoms with van der Waals surface area (Å²) in [5, 5.41) is 10.3. The molecule has 3 aliphatic heterocycles. The van der Waals surface area contributed by atoms with E-state index in [-0.39, 0.29) is 17.9 Å². The summed E-state index contributed by atoms with van der Waals surface area (Å²) in [6, 6.07) is 8.89. The van der Waals surface area contributed by atoms with Gasteiger partial charge >= 0.3 is 0 Å². The van der Waals surface area contributed by atoms with Gasteiger partial charge in [0.2, 0.25) is 0 Å². The highest BCUT2D eigenvalue weighted by Gasteiger charge is 2.46. The van der Waals surface area contributed by atoms with E-state index in [0.29, 0.717) is 5.92 Å². The van der Waals surface area contributed by atoms with Crippen LogP contribution in [0, 0.1) is 11.3 Å². The van der Waals surface area contributed by atoms with Crippen molar-refractivity contribution in [3.05, 3.63) is 41.6 Å². The zero-order chi connectivity index (χ0) is 16.7. The van der Waals surface area contributed by atoms with Crippen LogP contribution in [-0.2, 0) is 0 Å². The molecular formula is C21H30N2O. The number of para-hydroxylation sites is 1. The van der Waals surface area contributed by atoms with Crippen LogP contribution in [0.1, 0.15) is 44.1 Å². The fourth-order valence-corrected chi connectivity index (χ4v) is 5.41. The second-order valence-electron chi connectivity index (χ2n) is 7.98. The molecule has 1 fully saturated rings. The van der Waals surface area contributed by atoms with E-state index in [2.05, 4.69) is 54.1 Å². The number of piperidine rings is 1. The summed E-state index contributed by atoms with van der Waals surface area (Å²) in [6.07, 6.45) is 7.31. The van der Waals surface area contributed by atoms with Crippen molar-refractivity contribution in [1.29, 1.82) is 0 Å². The lowest BCUT2D eigenvalue weighted by molar-refractivity contribution is 0.0664. The normalized spacial score (nSPS) is 33.1. The second kappa shape index (κ2) is 6.20. The predicted molar refractivity (Wildman–Crippen MR) is 99.3 cm³/mol. The number of fused-ring (bicyclic) bond motifs is 5. The van der Waals surface area contributed by atoms with E-state index in [9.17, 15) is 5.11 Å². The summed E-state index contributed by atoms with van der Waals surface area (Å²) in [5.74, 6) is 0.729. The Bertz CT molecular complexity index is 640. The van der Waals surface area contributed by atoms with Gasteiger partial charge in [-0.1, -0.05) is 31.2 Å². The number of aliphatic hydroxyl groups is 1. The summed E-state index contributed by atoms with van der Waals surface area (Å²) in [4.78, 5) is 4.99. The van der Waals surface area contributed by atoms with Crippen molar-refractivity contribution < 1.29 is 5.11 Å². The Morgan fingerprint density at radius 2 is 2.04 bits per heavy atom. The highest BCUT2D eigenvalue weighted by Crippen LogP contribution is 2.52. The van der Waals surface area contributed by atoms with Crippen molar-refractivity contribution in [2.75, 3.05) is 38.2 Å². The third kappa shape index (κ3) is 2.41. The topological polar surface area (TPSA) is 26.7 Å². The fraction of sp³-hybridized carbons (Fsp3) is 0.619. The minimum absolute atomic E-state index is 0.270. The molecule has 1 aromatic carbocycles. The number of hydrogen-bond donors (Lipinski definition) is 1. The lowest BCUT2D eigenvalue weighted by atomic mass is 9.63. The van der Waals surface area contributed by atoms with Crippen LogP contribution in [0.5, 0.6) is 0 Å². The molecule has 3 heteroatoms. The third-order valence-electron chi connectivity index (χ3n) is 6.85. The quantitative estimate of drug-likeness (QED) is 0.899. The largest absolute Gasteiger partial charge is 0.396 e. The zero-order valence-corrected chi connectivity index (χ0v) is 15.0. The molecule has 3 heterocycles. The smallest absolute Gasteiger partial charge is 0.0519 e. The minimum atomic E-state index is 0.270. The number of hydrogen-bond acceptors (Lipinski definition) is 3. The van der Waals surface area contributed by atoms with Crippen molar-refractivity contribution >= 4 is 5.69 Å². The summed E-state index contributed by atoms with van der Waals surface area (Å²) in [5.41, 5.74) is 4.49. The Balaban J connectivity index is 1.86. The molecule has 0 aromatic heterocycles. The SMILES string of the molecule is CCC12CCCN(C)CC3C=C(C1CO)N(CC2)c1ccccc13. The maximum atomic E-state index is 10.3. The Kier molecular flexibility index (Phi) is 4.17. The Labute approximate surface area is 146 Å². The van der Waals surface area contributed by atoms with Gasteiger partial charge in [0, 0.05) is 36.3 Å². The molecule has 3 aliphatic rings. The number of nitrogens with zero attached hydrogens (tertiary/aromatic N) is 2. The van der Waals surface area contributed by atoms with E-state index in [1.165, 1.54) is 42.6 Å². The van der Waals surface area contributed by atoms with Crippen molar-refractivity contribution in [3.8, 4) is 0 Å². The summed E-state index contributed by atoms with van der Waals surface area (Å²) >= 11 is 0. The molecule has 3 bridgehead atoms. The Hall–Kier alpha value is -1.32. The van der Waals surface area contributed by atoms with Crippen LogP contribution in [0.3, 0.4) is 0 Å². The molecule has 0 amide bonds. The number of likely N-dealkylation sites (N-methyl/N-ethyl adjacent to an activating group) is 1. The number of rotatable bonds is 2. The molecule has 0 saturated carbocycles. The molecule has 1 saturated heterocycles. The van der Waals surface area contributed by atoms with E-state index >= 15 is 0 Å². The number of aliphatic hydroxyl groups excluding tert-OH is 1. The minimum Gasteiger partial charge on any atom is -0.396 e. The molecule has 3 unspecified atom stereocenters. The summed E-state index contributed by atoms with van der Waals surface area (Å²) in [6.45, 7) is 5.93. The third-order valence-corrected chi connectivity index (χ3v) is 6.85. The maximum Gasteiger partial charge on any atom is 0.0519 e. The van der Waals surface area contributed by atoms with Crippen molar-refractivity contribution in [2.24, 2.45) is 11.3 Å². The van der Waals surface area contributed by atoms with Crippen LogP contribution in [0.25, 0.3) is 0 Å². The molecule has 130 valence electrons. The highest BCUT2D eigenvalue weighted by molar-refractivity contribution is 5.64. The molecule has 4 rings (SSSR count). The molecule has 24 heavy (non-hydrogen) atoms. The van der Waals surface area contributed by atoms with Gasteiger partial charge in [0.25, 0.3) is 0 Å². The summed E-state index contributed by atoms with van der Waals surface area (Å²) < 4.78 is 0. The van der Waals surface area contributed by atoms with Gasteiger partial charge in [-0.15, -0.1) is 0 Å². The van der Waals surface area contributed by atoms with Gasteiger partial charge in [-0.25, -0.2) is 0 Å². The molecule has 1 N–H and O–H groups in total. The van der Waals surface area contributed by atoms with Crippen LogP contribution >= 0.6 is 0 Å². The molecule has 0 aliphatic carbocycles. The highest BCUT2D eigenvalue weighted by atomic mass is 16.3. The number of benzene rings is 1. The molecule has 0 radical (unpaired) electrons. The zero-order valence-electron chi connectivity index (χ0n) is 15.0. The van der Waals surface area contributed by atoms with E-state index in [0.717, 1.165) is 19.6 Å². The monoisotopic (exact) mass is 326 g/mol. The second-order valence-corrected chi connectivity index (χ2v) is 7.98. The van der Waals surface area contributed by atoms with Crippen LogP contribution in [0.4, 0.5) is 5.69 Å². The average molecular weight is 326 g/mol. The molecule has 1 aromatic rings. The van der Waals surface area contributed by atoms with Crippen LogP contribution < -0.4 is 4.90 Å². The van der Waals surface area contributed by atoms with E-state index < -0.39 is 0 Å². The first-order chi connectivity index (χ1) is 11.7. The Morgan fingerprint density at radius 1 is 1.21 bits per heavy atom. The van der Waals surface area contributed by atoms with Gasteiger partial charge in [0.05, 0.1) is 6.61 Å². The van der Waals surface area contributed by atoms with Crippen molar-refractivity contribution in [1.82, 2.24) is 4.90 Å². The van der Waals surface area contributed by atoms with Gasteiger partial charge in [-0.2, -0.15) is 0 Å². The maximum absolute atomic E-state index is 10.3. The van der Waals surface area contributed by atoms with Gasteiger partial charge in [0.15, 0.2) is 0 Å². The lowest BCUT2D eigenvalue weighted by Gasteiger charge is -2.53. The summed E-state index contributed by atoms with van der Waals surface area (Å²) in [7, 11) is 2.26.